The fraction of sp³-hybridized carbons (Fsp3) is 1.00. The zero-order valence-electron chi connectivity index (χ0n) is 7.59. The fourth-order valence-electron chi connectivity index (χ4n) is 0.359. The van der Waals surface area contributed by atoms with Crippen LogP contribution >= 0.6 is 0 Å². The summed E-state index contributed by atoms with van der Waals surface area (Å²) < 4.78 is 0. The predicted molar refractivity (Wildman–Crippen MR) is 45.3 cm³/mol. The first-order valence-corrected chi connectivity index (χ1v) is 3.53. The third kappa shape index (κ3) is 11.7. The van der Waals surface area contributed by atoms with Crippen molar-refractivity contribution in [1.29, 1.82) is 0 Å². The van der Waals surface area contributed by atoms with Gasteiger partial charge >= 0.3 is 0 Å². The molecular weight excluding hydrogens is 200 g/mol. The van der Waals surface area contributed by atoms with Crippen molar-refractivity contribution >= 4 is 0 Å². The molecule has 0 saturated carbocycles. The molecule has 0 rings (SSSR count). The van der Waals surface area contributed by atoms with E-state index in [0.717, 1.165) is 0 Å². The lowest BCUT2D eigenvalue weighted by atomic mass is 10.4. The third-order valence-corrected chi connectivity index (χ3v) is 1.03. The van der Waals surface area contributed by atoms with Crippen LogP contribution in [0.15, 0.2) is 0 Å². The number of hydrogen-bond acceptors (Lipinski definition) is 6. The van der Waals surface area contributed by atoms with E-state index in [2.05, 4.69) is 9.78 Å². The minimum Gasteiger partial charge on any atom is -0.412 e. The van der Waals surface area contributed by atoms with Gasteiger partial charge in [0, 0.05) is 0 Å². The smallest absolute Gasteiger partial charge is 0.110 e. The van der Waals surface area contributed by atoms with Crippen molar-refractivity contribution < 1.29 is 41.2 Å². The molecule has 0 bridgehead atoms. The molecule has 0 amide bonds. The van der Waals surface area contributed by atoms with Crippen LogP contribution in [-0.2, 0) is 9.78 Å². The van der Waals surface area contributed by atoms with Gasteiger partial charge in [0.05, 0.1) is 13.2 Å². The molecule has 8 heteroatoms. The molecule has 0 fully saturated rings. The zero-order chi connectivity index (χ0) is 9.40. The van der Waals surface area contributed by atoms with Crippen molar-refractivity contribution in [3.05, 3.63) is 0 Å². The largest absolute Gasteiger partial charge is 0.412 e. The van der Waals surface area contributed by atoms with Gasteiger partial charge < -0.3 is 31.4 Å². The van der Waals surface area contributed by atoms with Crippen LogP contribution in [0.5, 0.6) is 0 Å². The maximum absolute atomic E-state index is 8.71. The van der Waals surface area contributed by atoms with Crippen molar-refractivity contribution in [2.75, 3.05) is 26.4 Å². The molecule has 0 saturated heterocycles. The monoisotopic (exact) mass is 218 g/mol. The van der Waals surface area contributed by atoms with Gasteiger partial charge in [-0.2, -0.15) is 0 Å². The van der Waals surface area contributed by atoms with Gasteiger partial charge in [-0.3, -0.25) is 0 Å². The molecule has 0 aliphatic heterocycles. The van der Waals surface area contributed by atoms with Crippen LogP contribution in [0.25, 0.3) is 0 Å². The quantitative estimate of drug-likeness (QED) is 0.193. The van der Waals surface area contributed by atoms with E-state index in [4.69, 9.17) is 20.4 Å². The first-order valence-electron chi connectivity index (χ1n) is 3.53. The first-order chi connectivity index (χ1) is 5.70. The third-order valence-electron chi connectivity index (χ3n) is 1.03. The van der Waals surface area contributed by atoms with E-state index < -0.39 is 25.4 Å². The topological polar surface area (TPSA) is 162 Å². The Morgan fingerprint density at radius 3 is 1.29 bits per heavy atom. The van der Waals surface area contributed by atoms with Gasteiger partial charge in [-0.25, -0.2) is 9.78 Å². The summed E-state index contributed by atoms with van der Waals surface area (Å²) in [6.45, 7) is -1.17. The van der Waals surface area contributed by atoms with Crippen LogP contribution < -0.4 is 0 Å². The summed E-state index contributed by atoms with van der Waals surface area (Å²) in [7, 11) is 0. The Balaban J connectivity index is -0.000000605. The number of aliphatic hydroxyl groups is 4. The normalized spacial score (nSPS) is 13.7. The Labute approximate surface area is 80.9 Å². The highest BCUT2D eigenvalue weighted by molar-refractivity contribution is 4.48. The van der Waals surface area contributed by atoms with E-state index in [-0.39, 0.29) is 24.2 Å². The highest BCUT2D eigenvalue weighted by Gasteiger charge is 2.04. The SMILES string of the molecule is O.O.OCC(O)COOCC(O)CO. The second-order valence-electron chi connectivity index (χ2n) is 2.24. The molecule has 0 aliphatic rings. The first kappa shape index (κ1) is 19.3. The molecule has 0 heterocycles. The van der Waals surface area contributed by atoms with E-state index in [0.29, 0.717) is 0 Å². The van der Waals surface area contributed by atoms with Crippen molar-refractivity contribution in [1.82, 2.24) is 0 Å². The average molecular weight is 218 g/mol. The summed E-state index contributed by atoms with van der Waals surface area (Å²) >= 11 is 0. The summed E-state index contributed by atoms with van der Waals surface area (Å²) in [5, 5.41) is 34.1. The van der Waals surface area contributed by atoms with Crippen LogP contribution in [0.2, 0.25) is 0 Å². The standard InChI is InChI=1S/C6H14O6.2H2O/c7-1-5(9)3-11-12-4-6(10)2-8;;/h5-10H,1-4H2;2*1H2. The number of hydrogen-bond donors (Lipinski definition) is 4. The molecule has 0 radical (unpaired) electrons. The predicted octanol–water partition coefficient (Wildman–Crippen LogP) is -4.01. The molecule has 0 aromatic carbocycles. The maximum Gasteiger partial charge on any atom is 0.110 e. The molecule has 0 aromatic heterocycles. The van der Waals surface area contributed by atoms with Crippen LogP contribution in [0.3, 0.4) is 0 Å². The van der Waals surface area contributed by atoms with Crippen molar-refractivity contribution in [3.63, 3.8) is 0 Å². The van der Waals surface area contributed by atoms with E-state index in [1.54, 1.807) is 0 Å². The molecule has 90 valence electrons. The number of aliphatic hydroxyl groups excluding tert-OH is 4. The van der Waals surface area contributed by atoms with E-state index in [1.807, 2.05) is 0 Å². The van der Waals surface area contributed by atoms with E-state index in [9.17, 15) is 0 Å². The maximum atomic E-state index is 8.71. The molecule has 8 N–H and O–H groups in total. The second-order valence-corrected chi connectivity index (χ2v) is 2.24. The van der Waals surface area contributed by atoms with Crippen LogP contribution in [-0.4, -0.2) is 70.0 Å². The molecule has 2 unspecified atom stereocenters. The Hall–Kier alpha value is -0.320. The Bertz CT molecular complexity index is 87.8. The number of rotatable bonds is 7. The van der Waals surface area contributed by atoms with Gasteiger partial charge in [-0.15, -0.1) is 0 Å². The lowest BCUT2D eigenvalue weighted by Gasteiger charge is -2.09. The summed E-state index contributed by atoms with van der Waals surface area (Å²) in [6.07, 6.45) is -1.98. The highest BCUT2D eigenvalue weighted by Crippen LogP contribution is 1.88. The minimum atomic E-state index is -0.990. The van der Waals surface area contributed by atoms with Gasteiger partial charge in [-0.1, -0.05) is 0 Å². The minimum absolute atomic E-state index is 0. The lowest BCUT2D eigenvalue weighted by Crippen LogP contribution is -2.23. The summed E-state index contributed by atoms with van der Waals surface area (Å²) in [5.74, 6) is 0. The van der Waals surface area contributed by atoms with Gasteiger partial charge in [0.1, 0.15) is 25.4 Å². The molecular formula is C6H18O8. The van der Waals surface area contributed by atoms with Crippen LogP contribution in [0.4, 0.5) is 0 Å². The van der Waals surface area contributed by atoms with Gasteiger partial charge in [0.15, 0.2) is 0 Å². The molecule has 0 spiro atoms. The molecule has 0 aliphatic carbocycles. The highest BCUT2D eigenvalue weighted by atomic mass is 17.2. The van der Waals surface area contributed by atoms with Gasteiger partial charge in [0.25, 0.3) is 0 Å². The Kier molecular flexibility index (Phi) is 17.5. The van der Waals surface area contributed by atoms with Crippen molar-refractivity contribution in [3.8, 4) is 0 Å². The van der Waals surface area contributed by atoms with Gasteiger partial charge in [0.2, 0.25) is 0 Å². The van der Waals surface area contributed by atoms with Crippen molar-refractivity contribution in [2.24, 2.45) is 0 Å². The molecule has 0 aromatic rings. The second kappa shape index (κ2) is 12.7. The zero-order valence-corrected chi connectivity index (χ0v) is 7.59. The van der Waals surface area contributed by atoms with E-state index >= 15 is 0 Å². The average Bonchev–Trinajstić information content (AvgIpc) is 2.11. The van der Waals surface area contributed by atoms with Gasteiger partial charge in [-0.05, 0) is 0 Å². The van der Waals surface area contributed by atoms with Crippen LogP contribution in [0, 0.1) is 0 Å². The van der Waals surface area contributed by atoms with E-state index in [1.165, 1.54) is 0 Å². The fourth-order valence-corrected chi connectivity index (χ4v) is 0.359. The summed E-state index contributed by atoms with van der Waals surface area (Å²) in [5.41, 5.74) is 0. The lowest BCUT2D eigenvalue weighted by molar-refractivity contribution is -0.316. The van der Waals surface area contributed by atoms with Crippen molar-refractivity contribution in [2.45, 2.75) is 12.2 Å². The summed E-state index contributed by atoms with van der Waals surface area (Å²) in [6, 6.07) is 0. The Morgan fingerprint density at radius 2 is 1.07 bits per heavy atom. The molecule has 8 nitrogen and oxygen atoms in total. The molecule has 14 heavy (non-hydrogen) atoms. The molecule has 2 atom stereocenters. The Morgan fingerprint density at radius 1 is 0.786 bits per heavy atom. The van der Waals surface area contributed by atoms with Crippen LogP contribution in [0.1, 0.15) is 0 Å². The summed E-state index contributed by atoms with van der Waals surface area (Å²) in [4.78, 5) is 8.76.